The number of aryl methyl sites for hydroxylation is 1. The summed E-state index contributed by atoms with van der Waals surface area (Å²) in [6.07, 6.45) is 0.997. The highest BCUT2D eigenvalue weighted by Crippen LogP contribution is 2.27. The van der Waals surface area contributed by atoms with E-state index in [1.807, 2.05) is 6.92 Å². The van der Waals surface area contributed by atoms with Crippen LogP contribution in [0.5, 0.6) is 0 Å². The number of amides is 2. The Labute approximate surface area is 116 Å². The van der Waals surface area contributed by atoms with Crippen LogP contribution in [0.4, 0.5) is 11.4 Å². The lowest BCUT2D eigenvalue weighted by atomic mass is 10.1. The Bertz CT molecular complexity index is 555. The number of carbonyl (C=O) groups excluding carboxylic acids is 2. The first-order valence-corrected chi connectivity index (χ1v) is 6.21. The van der Waals surface area contributed by atoms with Gasteiger partial charge in [-0.15, -0.1) is 0 Å². The smallest absolute Gasteiger partial charge is 0.270 e. The van der Waals surface area contributed by atoms with E-state index in [0.717, 1.165) is 6.07 Å². The Morgan fingerprint density at radius 1 is 1.35 bits per heavy atom. The topological polar surface area (TPSA) is 101 Å². The minimum Gasteiger partial charge on any atom is -0.355 e. The zero-order valence-electron chi connectivity index (χ0n) is 11.6. The maximum atomic E-state index is 11.8. The minimum atomic E-state index is -0.572. The van der Waals surface area contributed by atoms with Gasteiger partial charge in [0, 0.05) is 25.6 Å². The van der Waals surface area contributed by atoms with Crippen molar-refractivity contribution >= 4 is 23.2 Å². The Morgan fingerprint density at radius 3 is 2.50 bits per heavy atom. The van der Waals surface area contributed by atoms with E-state index >= 15 is 0 Å². The van der Waals surface area contributed by atoms with Crippen molar-refractivity contribution in [2.24, 2.45) is 0 Å². The number of rotatable bonds is 5. The standard InChI is InChI=1S/C13H17N3O4/c1-4-5-11(17)15-12-8(2)6-9(16(19)20)7-10(12)13(18)14-3/h6-7H,4-5H2,1-3H3,(H,14,18)(H,15,17). The van der Waals surface area contributed by atoms with Crippen LogP contribution in [-0.4, -0.2) is 23.8 Å². The summed E-state index contributed by atoms with van der Waals surface area (Å²) in [4.78, 5) is 33.8. The molecule has 2 amide bonds. The van der Waals surface area contributed by atoms with Crippen molar-refractivity contribution in [3.8, 4) is 0 Å². The van der Waals surface area contributed by atoms with Gasteiger partial charge in [-0.1, -0.05) is 6.92 Å². The molecule has 7 heteroatoms. The third kappa shape index (κ3) is 3.53. The third-order valence-corrected chi connectivity index (χ3v) is 2.74. The molecule has 0 saturated heterocycles. The molecule has 7 nitrogen and oxygen atoms in total. The van der Waals surface area contributed by atoms with E-state index in [4.69, 9.17) is 0 Å². The number of hydrogen-bond acceptors (Lipinski definition) is 4. The molecular formula is C13H17N3O4. The zero-order valence-corrected chi connectivity index (χ0v) is 11.6. The molecule has 0 aliphatic carbocycles. The number of carbonyl (C=O) groups is 2. The van der Waals surface area contributed by atoms with Gasteiger partial charge in [-0.05, 0) is 18.9 Å². The average molecular weight is 279 g/mol. The normalized spacial score (nSPS) is 9.95. The maximum absolute atomic E-state index is 11.8. The molecule has 0 fully saturated rings. The second kappa shape index (κ2) is 6.65. The zero-order chi connectivity index (χ0) is 15.3. The fourth-order valence-electron chi connectivity index (χ4n) is 1.78. The predicted octanol–water partition coefficient (Wildman–Crippen LogP) is 2.00. The van der Waals surface area contributed by atoms with Crippen LogP contribution < -0.4 is 10.6 Å². The van der Waals surface area contributed by atoms with Crippen molar-refractivity contribution in [3.63, 3.8) is 0 Å². The van der Waals surface area contributed by atoms with Crippen LogP contribution >= 0.6 is 0 Å². The number of nitro groups is 1. The summed E-state index contributed by atoms with van der Waals surface area (Å²) in [6.45, 7) is 3.48. The molecule has 1 aromatic rings. The van der Waals surface area contributed by atoms with E-state index < -0.39 is 10.8 Å². The van der Waals surface area contributed by atoms with Gasteiger partial charge in [0.2, 0.25) is 5.91 Å². The molecule has 0 heterocycles. The fourth-order valence-corrected chi connectivity index (χ4v) is 1.78. The van der Waals surface area contributed by atoms with Gasteiger partial charge in [0.05, 0.1) is 16.2 Å². The number of hydrogen-bond donors (Lipinski definition) is 2. The van der Waals surface area contributed by atoms with Crippen molar-refractivity contribution < 1.29 is 14.5 Å². The summed E-state index contributed by atoms with van der Waals surface area (Å²) in [5.74, 6) is -0.710. The van der Waals surface area contributed by atoms with Crippen LogP contribution in [0.1, 0.15) is 35.7 Å². The van der Waals surface area contributed by atoms with Crippen LogP contribution in [0.3, 0.4) is 0 Å². The number of nitrogens with zero attached hydrogens (tertiary/aromatic N) is 1. The first-order chi connectivity index (χ1) is 9.40. The quantitative estimate of drug-likeness (QED) is 0.635. The van der Waals surface area contributed by atoms with Crippen LogP contribution in [0.25, 0.3) is 0 Å². The van der Waals surface area contributed by atoms with Gasteiger partial charge in [-0.3, -0.25) is 19.7 Å². The average Bonchev–Trinajstić information content (AvgIpc) is 2.39. The molecule has 20 heavy (non-hydrogen) atoms. The van der Waals surface area contributed by atoms with Gasteiger partial charge < -0.3 is 10.6 Å². The number of non-ortho nitro benzene ring substituents is 1. The predicted molar refractivity (Wildman–Crippen MR) is 74.8 cm³/mol. The van der Waals surface area contributed by atoms with Gasteiger partial charge in [0.1, 0.15) is 0 Å². The molecule has 0 atom stereocenters. The summed E-state index contributed by atoms with van der Waals surface area (Å²) in [5, 5.41) is 15.9. The summed E-state index contributed by atoms with van der Waals surface area (Å²) in [5.41, 5.74) is 0.689. The first kappa shape index (κ1) is 15.6. The van der Waals surface area contributed by atoms with Gasteiger partial charge >= 0.3 is 0 Å². The molecule has 0 aliphatic heterocycles. The van der Waals surface area contributed by atoms with Crippen molar-refractivity contribution in [1.82, 2.24) is 5.32 Å². The largest absolute Gasteiger partial charge is 0.355 e. The van der Waals surface area contributed by atoms with Crippen LogP contribution in [0, 0.1) is 17.0 Å². The Balaban J connectivity index is 3.30. The second-order valence-corrected chi connectivity index (χ2v) is 4.32. The minimum absolute atomic E-state index is 0.0867. The molecule has 108 valence electrons. The Morgan fingerprint density at radius 2 is 2.00 bits per heavy atom. The lowest BCUT2D eigenvalue weighted by Crippen LogP contribution is -2.22. The first-order valence-electron chi connectivity index (χ1n) is 6.21. The molecule has 1 rings (SSSR count). The van der Waals surface area contributed by atoms with Gasteiger partial charge in [0.15, 0.2) is 0 Å². The van der Waals surface area contributed by atoms with E-state index in [2.05, 4.69) is 10.6 Å². The lowest BCUT2D eigenvalue weighted by Gasteiger charge is -2.13. The molecule has 2 N–H and O–H groups in total. The number of anilines is 1. The van der Waals surface area contributed by atoms with E-state index in [9.17, 15) is 19.7 Å². The molecule has 0 radical (unpaired) electrons. The fraction of sp³-hybridized carbons (Fsp3) is 0.385. The van der Waals surface area contributed by atoms with Gasteiger partial charge in [0.25, 0.3) is 11.6 Å². The molecule has 0 aliphatic rings. The third-order valence-electron chi connectivity index (χ3n) is 2.74. The number of nitrogens with one attached hydrogen (secondary N) is 2. The van der Waals surface area contributed by atoms with Crippen molar-refractivity contribution in [2.45, 2.75) is 26.7 Å². The van der Waals surface area contributed by atoms with Crippen molar-refractivity contribution in [1.29, 1.82) is 0 Å². The molecule has 0 bridgehead atoms. The number of benzene rings is 1. The Hall–Kier alpha value is -2.44. The van der Waals surface area contributed by atoms with Crippen LogP contribution in [-0.2, 0) is 4.79 Å². The summed E-state index contributed by atoms with van der Waals surface area (Å²) in [7, 11) is 1.42. The highest BCUT2D eigenvalue weighted by Gasteiger charge is 2.20. The maximum Gasteiger partial charge on any atom is 0.270 e. The highest BCUT2D eigenvalue weighted by molar-refractivity contribution is 6.05. The lowest BCUT2D eigenvalue weighted by molar-refractivity contribution is -0.384. The molecule has 0 aromatic heterocycles. The summed E-state index contributed by atoms with van der Waals surface area (Å²) < 4.78 is 0. The van der Waals surface area contributed by atoms with Crippen molar-refractivity contribution in [2.75, 3.05) is 12.4 Å². The van der Waals surface area contributed by atoms with E-state index in [1.165, 1.54) is 13.1 Å². The molecule has 1 aromatic carbocycles. The monoisotopic (exact) mass is 279 g/mol. The summed E-state index contributed by atoms with van der Waals surface area (Å²) in [6, 6.07) is 2.49. The summed E-state index contributed by atoms with van der Waals surface area (Å²) >= 11 is 0. The van der Waals surface area contributed by atoms with Crippen LogP contribution in [0.15, 0.2) is 12.1 Å². The van der Waals surface area contributed by atoms with Crippen molar-refractivity contribution in [3.05, 3.63) is 33.4 Å². The highest BCUT2D eigenvalue weighted by atomic mass is 16.6. The molecule has 0 unspecified atom stereocenters. The van der Waals surface area contributed by atoms with Crippen LogP contribution in [0.2, 0.25) is 0 Å². The Kier molecular flexibility index (Phi) is 5.19. The van der Waals surface area contributed by atoms with Gasteiger partial charge in [-0.25, -0.2) is 0 Å². The van der Waals surface area contributed by atoms with E-state index in [-0.39, 0.29) is 17.2 Å². The SMILES string of the molecule is CCCC(=O)Nc1c(C)cc([N+](=O)[O-])cc1C(=O)NC. The molecule has 0 saturated carbocycles. The van der Waals surface area contributed by atoms with E-state index in [0.29, 0.717) is 24.1 Å². The van der Waals surface area contributed by atoms with Gasteiger partial charge in [-0.2, -0.15) is 0 Å². The number of nitro benzene ring substituents is 1. The van der Waals surface area contributed by atoms with E-state index in [1.54, 1.807) is 6.92 Å². The molecular weight excluding hydrogens is 262 g/mol. The molecule has 0 spiro atoms. The second-order valence-electron chi connectivity index (χ2n) is 4.32.